The van der Waals surface area contributed by atoms with Gasteiger partial charge >= 0.3 is 0 Å². The van der Waals surface area contributed by atoms with Crippen LogP contribution < -0.4 is 5.43 Å². The van der Waals surface area contributed by atoms with Crippen molar-refractivity contribution in [2.45, 2.75) is 0 Å². The Kier molecular flexibility index (Phi) is 4.98. The molecule has 0 bridgehead atoms. The van der Waals surface area contributed by atoms with Crippen LogP contribution in [0.2, 0.25) is 10.0 Å². The van der Waals surface area contributed by atoms with Crippen molar-refractivity contribution < 1.29 is 9.72 Å². The maximum Gasteiger partial charge on any atom is 0.283 e. The number of thiophene rings is 1. The van der Waals surface area contributed by atoms with Crippen LogP contribution in [-0.2, 0) is 0 Å². The SMILES string of the molecule is O=C(NN=Cc1cc([N+](=O)[O-])ccc1Cl)c1sc2ccccc2c1Cl. The maximum absolute atomic E-state index is 12.2. The van der Waals surface area contributed by atoms with E-state index in [9.17, 15) is 14.9 Å². The molecule has 0 saturated heterocycles. The van der Waals surface area contributed by atoms with Crippen LogP contribution in [0.5, 0.6) is 0 Å². The largest absolute Gasteiger partial charge is 0.283 e. The summed E-state index contributed by atoms with van der Waals surface area (Å²) in [7, 11) is 0. The van der Waals surface area contributed by atoms with Crippen LogP contribution >= 0.6 is 34.5 Å². The van der Waals surface area contributed by atoms with E-state index in [0.29, 0.717) is 15.5 Å². The number of nitrogens with zero attached hydrogens (tertiary/aromatic N) is 2. The molecule has 0 fully saturated rings. The number of rotatable bonds is 4. The number of carbonyl (C=O) groups excluding carboxylic acids is 1. The number of carbonyl (C=O) groups is 1. The second-order valence-corrected chi connectivity index (χ2v) is 6.74. The highest BCUT2D eigenvalue weighted by molar-refractivity contribution is 7.21. The molecule has 3 rings (SSSR count). The van der Waals surface area contributed by atoms with Gasteiger partial charge in [0.2, 0.25) is 0 Å². The summed E-state index contributed by atoms with van der Waals surface area (Å²) in [5.74, 6) is -0.469. The first kappa shape index (κ1) is 17.3. The average molecular weight is 394 g/mol. The van der Waals surface area contributed by atoms with Crippen molar-refractivity contribution in [1.29, 1.82) is 0 Å². The molecule has 1 heterocycles. The third-order valence-electron chi connectivity index (χ3n) is 3.30. The van der Waals surface area contributed by atoms with Crippen LogP contribution in [0.3, 0.4) is 0 Å². The molecular formula is C16H9Cl2N3O3S. The highest BCUT2D eigenvalue weighted by atomic mass is 35.5. The lowest BCUT2D eigenvalue weighted by molar-refractivity contribution is -0.384. The van der Waals surface area contributed by atoms with Crippen molar-refractivity contribution in [1.82, 2.24) is 5.43 Å². The topological polar surface area (TPSA) is 84.6 Å². The van der Waals surface area contributed by atoms with Crippen LogP contribution in [0.4, 0.5) is 5.69 Å². The molecule has 0 saturated carbocycles. The van der Waals surface area contributed by atoms with Crippen molar-refractivity contribution in [3.63, 3.8) is 0 Å². The van der Waals surface area contributed by atoms with Crippen molar-refractivity contribution in [2.24, 2.45) is 5.10 Å². The highest BCUT2D eigenvalue weighted by Gasteiger charge is 2.16. The fraction of sp³-hybridized carbons (Fsp3) is 0. The Morgan fingerprint density at radius 1 is 1.24 bits per heavy atom. The van der Waals surface area contributed by atoms with Crippen LogP contribution in [0.1, 0.15) is 15.2 Å². The van der Waals surface area contributed by atoms with Crippen LogP contribution in [0, 0.1) is 10.1 Å². The summed E-state index contributed by atoms with van der Waals surface area (Å²) in [5.41, 5.74) is 2.55. The van der Waals surface area contributed by atoms with Crippen molar-refractivity contribution in [3.8, 4) is 0 Å². The number of hydrogen-bond donors (Lipinski definition) is 1. The zero-order valence-corrected chi connectivity index (χ0v) is 14.7. The molecular weight excluding hydrogens is 385 g/mol. The average Bonchev–Trinajstić information content (AvgIpc) is 2.93. The Labute approximate surface area is 155 Å². The first-order chi connectivity index (χ1) is 12.0. The van der Waals surface area contributed by atoms with E-state index in [1.54, 1.807) is 0 Å². The fourth-order valence-corrected chi connectivity index (χ4v) is 3.69. The number of non-ortho nitro benzene ring substituents is 1. The summed E-state index contributed by atoms with van der Waals surface area (Å²) in [5, 5.41) is 16.0. The summed E-state index contributed by atoms with van der Waals surface area (Å²) in [6.45, 7) is 0. The minimum absolute atomic E-state index is 0.121. The molecule has 0 atom stereocenters. The van der Waals surface area contributed by atoms with Gasteiger partial charge in [0.15, 0.2) is 0 Å². The van der Waals surface area contributed by atoms with Gasteiger partial charge < -0.3 is 0 Å². The Morgan fingerprint density at radius 3 is 2.72 bits per heavy atom. The first-order valence-corrected chi connectivity index (χ1v) is 8.49. The smallest absolute Gasteiger partial charge is 0.266 e. The molecule has 0 aliphatic heterocycles. The third-order valence-corrected chi connectivity index (χ3v) is 5.32. The van der Waals surface area contributed by atoms with Gasteiger partial charge in [-0.3, -0.25) is 14.9 Å². The second-order valence-electron chi connectivity index (χ2n) is 4.90. The minimum atomic E-state index is -0.538. The third kappa shape index (κ3) is 3.63. The van der Waals surface area contributed by atoms with E-state index in [0.717, 1.165) is 10.1 Å². The number of hydrogen-bond acceptors (Lipinski definition) is 5. The van der Waals surface area contributed by atoms with Crippen molar-refractivity contribution in [2.75, 3.05) is 0 Å². The fourth-order valence-electron chi connectivity index (χ4n) is 2.11. The molecule has 0 spiro atoms. The number of amides is 1. The van der Waals surface area contributed by atoms with Gasteiger partial charge in [0.25, 0.3) is 11.6 Å². The number of benzene rings is 2. The van der Waals surface area contributed by atoms with Gasteiger partial charge in [-0.1, -0.05) is 41.4 Å². The molecule has 1 amide bonds. The van der Waals surface area contributed by atoms with Gasteiger partial charge in [0, 0.05) is 32.8 Å². The zero-order valence-electron chi connectivity index (χ0n) is 12.4. The predicted octanol–water partition coefficient (Wildman–Crippen LogP) is 4.88. The van der Waals surface area contributed by atoms with Crippen LogP contribution in [0.25, 0.3) is 10.1 Å². The molecule has 1 aromatic heterocycles. The van der Waals surface area contributed by atoms with E-state index in [2.05, 4.69) is 10.5 Å². The van der Waals surface area contributed by atoms with Gasteiger partial charge in [-0.15, -0.1) is 11.3 Å². The Hall–Kier alpha value is -2.48. The van der Waals surface area contributed by atoms with Crippen molar-refractivity contribution in [3.05, 3.63) is 73.1 Å². The summed E-state index contributed by atoms with van der Waals surface area (Å²) in [4.78, 5) is 22.8. The van der Waals surface area contributed by atoms with E-state index >= 15 is 0 Å². The Balaban J connectivity index is 1.80. The quantitative estimate of drug-likeness (QED) is 0.389. The molecule has 9 heteroatoms. The normalized spacial score (nSPS) is 11.1. The van der Waals surface area contributed by atoms with E-state index in [-0.39, 0.29) is 10.7 Å². The molecule has 126 valence electrons. The van der Waals surface area contributed by atoms with Crippen LogP contribution in [-0.4, -0.2) is 17.0 Å². The lowest BCUT2D eigenvalue weighted by Gasteiger charge is -1.99. The molecule has 3 aromatic rings. The minimum Gasteiger partial charge on any atom is -0.266 e. The molecule has 1 N–H and O–H groups in total. The van der Waals surface area contributed by atoms with Gasteiger partial charge in [-0.05, 0) is 12.1 Å². The maximum atomic E-state index is 12.2. The highest BCUT2D eigenvalue weighted by Crippen LogP contribution is 2.34. The Bertz CT molecular complexity index is 1020. The van der Waals surface area contributed by atoms with E-state index in [1.807, 2.05) is 24.3 Å². The number of nitro groups is 1. The second kappa shape index (κ2) is 7.18. The molecule has 0 aliphatic carbocycles. The Morgan fingerprint density at radius 2 is 2.00 bits per heavy atom. The van der Waals surface area contributed by atoms with E-state index in [4.69, 9.17) is 23.2 Å². The number of nitrogens with one attached hydrogen (secondary N) is 1. The van der Waals surface area contributed by atoms with Crippen molar-refractivity contribution >= 4 is 62.4 Å². The lowest BCUT2D eigenvalue weighted by atomic mass is 10.2. The number of halogens is 2. The molecule has 0 unspecified atom stereocenters. The zero-order chi connectivity index (χ0) is 18.0. The molecule has 25 heavy (non-hydrogen) atoms. The summed E-state index contributed by atoms with van der Waals surface area (Å²) in [6, 6.07) is 11.3. The molecule has 0 aliphatic rings. The van der Waals surface area contributed by atoms with Gasteiger partial charge in [-0.25, -0.2) is 5.43 Å². The van der Waals surface area contributed by atoms with Gasteiger partial charge in [0.1, 0.15) is 4.88 Å². The van der Waals surface area contributed by atoms with E-state index < -0.39 is 10.8 Å². The first-order valence-electron chi connectivity index (χ1n) is 6.91. The number of fused-ring (bicyclic) bond motifs is 1. The summed E-state index contributed by atoms with van der Waals surface area (Å²) < 4.78 is 0.892. The standard InChI is InChI=1S/C16H9Cl2N3O3S/c17-12-6-5-10(21(23)24)7-9(12)8-19-20-16(22)15-14(18)11-3-1-2-4-13(11)25-15/h1-8H,(H,20,22). The lowest BCUT2D eigenvalue weighted by Crippen LogP contribution is -2.16. The van der Waals surface area contributed by atoms with Gasteiger partial charge in [0.05, 0.1) is 16.2 Å². The predicted molar refractivity (Wildman–Crippen MR) is 100 cm³/mol. The summed E-state index contributed by atoms with van der Waals surface area (Å²) in [6.07, 6.45) is 1.24. The molecule has 2 aromatic carbocycles. The number of hydrazone groups is 1. The monoisotopic (exact) mass is 393 g/mol. The summed E-state index contributed by atoms with van der Waals surface area (Å²) >= 11 is 13.5. The number of nitro benzene ring substituents is 1. The molecule has 0 radical (unpaired) electrons. The van der Waals surface area contributed by atoms with Gasteiger partial charge in [-0.2, -0.15) is 5.10 Å². The van der Waals surface area contributed by atoms with Crippen LogP contribution in [0.15, 0.2) is 47.6 Å². The molecule has 6 nitrogen and oxygen atoms in total. The van der Waals surface area contributed by atoms with E-state index in [1.165, 1.54) is 35.8 Å².